The van der Waals surface area contributed by atoms with E-state index >= 15 is 0 Å². The Morgan fingerprint density at radius 2 is 1.57 bits per heavy atom. The van der Waals surface area contributed by atoms with Gasteiger partial charge in [-0.05, 0) is 50.1 Å². The molecule has 1 heterocycles. The number of carbonyl (C=O) groups excluding carboxylic acids is 2. The van der Waals surface area contributed by atoms with E-state index < -0.39 is 11.7 Å². The van der Waals surface area contributed by atoms with Crippen molar-refractivity contribution in [1.82, 2.24) is 10.3 Å². The van der Waals surface area contributed by atoms with E-state index in [0.29, 0.717) is 16.9 Å². The summed E-state index contributed by atoms with van der Waals surface area (Å²) in [7, 11) is 0. The quantitative estimate of drug-likeness (QED) is 0.626. The molecule has 0 spiro atoms. The second-order valence-electron chi connectivity index (χ2n) is 7.73. The summed E-state index contributed by atoms with van der Waals surface area (Å²) < 4.78 is 5.31. The maximum Gasteiger partial charge on any atom is 0.407 e. The molecule has 0 aliphatic carbocycles. The average molecular weight is 403 g/mol. The Labute approximate surface area is 176 Å². The number of nitrogens with zero attached hydrogens (tertiary/aromatic N) is 1. The minimum Gasteiger partial charge on any atom is -0.444 e. The zero-order valence-electron chi connectivity index (χ0n) is 17.3. The van der Waals surface area contributed by atoms with Crippen molar-refractivity contribution in [2.24, 2.45) is 0 Å². The number of rotatable bonds is 5. The Bertz CT molecular complexity index is 1030. The summed E-state index contributed by atoms with van der Waals surface area (Å²) in [6, 6.07) is 20.4. The van der Waals surface area contributed by atoms with Gasteiger partial charge in [0.15, 0.2) is 0 Å². The molecule has 0 saturated carbocycles. The highest BCUT2D eigenvalue weighted by Crippen LogP contribution is 2.27. The molecule has 0 fully saturated rings. The summed E-state index contributed by atoms with van der Waals surface area (Å²) in [5.41, 5.74) is 2.79. The van der Waals surface area contributed by atoms with Crippen LogP contribution in [0.4, 0.5) is 10.5 Å². The van der Waals surface area contributed by atoms with Crippen molar-refractivity contribution < 1.29 is 14.3 Å². The van der Waals surface area contributed by atoms with Crippen LogP contribution in [0.2, 0.25) is 0 Å². The van der Waals surface area contributed by atoms with Gasteiger partial charge in [-0.3, -0.25) is 9.78 Å². The van der Waals surface area contributed by atoms with Gasteiger partial charge in [-0.25, -0.2) is 4.79 Å². The molecular formula is C24H25N3O3. The maximum absolute atomic E-state index is 12.9. The van der Waals surface area contributed by atoms with Gasteiger partial charge in [0.2, 0.25) is 0 Å². The van der Waals surface area contributed by atoms with Crippen molar-refractivity contribution in [3.63, 3.8) is 0 Å². The van der Waals surface area contributed by atoms with Crippen LogP contribution in [0.15, 0.2) is 72.9 Å². The van der Waals surface area contributed by atoms with Gasteiger partial charge in [-0.1, -0.05) is 48.5 Å². The molecular weight excluding hydrogens is 378 g/mol. The van der Waals surface area contributed by atoms with Crippen LogP contribution < -0.4 is 10.6 Å². The highest BCUT2D eigenvalue weighted by Gasteiger charge is 2.18. The Morgan fingerprint density at radius 3 is 2.30 bits per heavy atom. The topological polar surface area (TPSA) is 80.3 Å². The minimum atomic E-state index is -0.574. The number of ether oxygens (including phenoxy) is 1. The smallest absolute Gasteiger partial charge is 0.407 e. The van der Waals surface area contributed by atoms with Gasteiger partial charge in [-0.15, -0.1) is 0 Å². The van der Waals surface area contributed by atoms with Crippen molar-refractivity contribution in [1.29, 1.82) is 0 Å². The third-order valence-electron chi connectivity index (χ3n) is 4.18. The molecule has 3 rings (SSSR count). The van der Waals surface area contributed by atoms with Crippen LogP contribution in [0.3, 0.4) is 0 Å². The molecule has 2 N–H and O–H groups in total. The molecule has 2 amide bonds. The van der Waals surface area contributed by atoms with Crippen molar-refractivity contribution >= 4 is 17.7 Å². The van der Waals surface area contributed by atoms with Gasteiger partial charge in [0.1, 0.15) is 11.3 Å². The number of benzene rings is 2. The third-order valence-corrected chi connectivity index (χ3v) is 4.18. The predicted molar refractivity (Wildman–Crippen MR) is 117 cm³/mol. The monoisotopic (exact) mass is 403 g/mol. The van der Waals surface area contributed by atoms with Crippen LogP contribution in [-0.4, -0.2) is 22.6 Å². The van der Waals surface area contributed by atoms with E-state index in [0.717, 1.165) is 11.1 Å². The molecule has 0 unspecified atom stereocenters. The number of carbonyl (C=O) groups is 2. The number of aromatic nitrogens is 1. The van der Waals surface area contributed by atoms with Gasteiger partial charge in [0.25, 0.3) is 5.91 Å². The largest absolute Gasteiger partial charge is 0.444 e. The highest BCUT2D eigenvalue weighted by molar-refractivity contribution is 6.07. The average Bonchev–Trinajstić information content (AvgIpc) is 2.72. The van der Waals surface area contributed by atoms with Crippen molar-refractivity contribution in [3.05, 3.63) is 84.2 Å². The zero-order valence-corrected chi connectivity index (χ0v) is 17.3. The van der Waals surface area contributed by atoms with Crippen LogP contribution in [0.25, 0.3) is 11.1 Å². The summed E-state index contributed by atoms with van der Waals surface area (Å²) in [6.07, 6.45) is 1.09. The van der Waals surface area contributed by atoms with E-state index in [1.54, 1.807) is 12.3 Å². The summed E-state index contributed by atoms with van der Waals surface area (Å²) in [4.78, 5) is 29.2. The van der Waals surface area contributed by atoms with Gasteiger partial charge in [0, 0.05) is 24.0 Å². The van der Waals surface area contributed by atoms with Crippen LogP contribution in [0, 0.1) is 0 Å². The first kappa shape index (κ1) is 21.0. The fourth-order valence-electron chi connectivity index (χ4n) is 2.93. The normalized spacial score (nSPS) is 10.9. The second-order valence-corrected chi connectivity index (χ2v) is 7.73. The fourth-order valence-corrected chi connectivity index (χ4v) is 2.93. The Hall–Kier alpha value is -3.67. The molecule has 154 valence electrons. The lowest BCUT2D eigenvalue weighted by Gasteiger charge is -2.20. The Kier molecular flexibility index (Phi) is 6.47. The van der Waals surface area contributed by atoms with E-state index in [2.05, 4.69) is 15.6 Å². The van der Waals surface area contributed by atoms with E-state index in [4.69, 9.17) is 4.74 Å². The molecule has 0 bridgehead atoms. The maximum atomic E-state index is 12.9. The van der Waals surface area contributed by atoms with E-state index in [1.165, 1.54) is 0 Å². The molecule has 0 aliphatic rings. The molecule has 1 aromatic heterocycles. The SMILES string of the molecule is CC(C)(C)OC(=O)NCc1ccccc1-c1cccnc1C(=O)Nc1ccccc1. The lowest BCUT2D eigenvalue weighted by molar-refractivity contribution is 0.0523. The number of anilines is 1. The third kappa shape index (κ3) is 5.67. The van der Waals surface area contributed by atoms with Crippen LogP contribution in [-0.2, 0) is 11.3 Å². The molecule has 6 heteroatoms. The number of hydrogen-bond donors (Lipinski definition) is 2. The molecule has 0 saturated heterocycles. The summed E-state index contributed by atoms with van der Waals surface area (Å²) in [5, 5.41) is 5.64. The second kappa shape index (κ2) is 9.22. The van der Waals surface area contributed by atoms with Crippen molar-refractivity contribution in [2.45, 2.75) is 32.9 Å². The number of pyridine rings is 1. The molecule has 2 aromatic carbocycles. The molecule has 0 radical (unpaired) electrons. The van der Waals surface area contributed by atoms with Gasteiger partial charge in [-0.2, -0.15) is 0 Å². The van der Waals surface area contributed by atoms with Gasteiger partial charge < -0.3 is 15.4 Å². The molecule has 0 atom stereocenters. The highest BCUT2D eigenvalue weighted by atomic mass is 16.6. The van der Waals surface area contributed by atoms with Gasteiger partial charge in [0.05, 0.1) is 0 Å². The van der Waals surface area contributed by atoms with Crippen LogP contribution in [0.5, 0.6) is 0 Å². The van der Waals surface area contributed by atoms with Gasteiger partial charge >= 0.3 is 6.09 Å². The number of nitrogens with one attached hydrogen (secondary N) is 2. The van der Waals surface area contributed by atoms with E-state index in [-0.39, 0.29) is 12.5 Å². The first-order valence-corrected chi connectivity index (χ1v) is 9.70. The number of amides is 2. The zero-order chi connectivity index (χ0) is 21.6. The summed E-state index contributed by atoms with van der Waals surface area (Å²) in [6.45, 7) is 5.70. The molecule has 0 aliphatic heterocycles. The van der Waals surface area contributed by atoms with E-state index in [9.17, 15) is 9.59 Å². The number of hydrogen-bond acceptors (Lipinski definition) is 4. The lowest BCUT2D eigenvalue weighted by atomic mass is 9.98. The molecule has 6 nitrogen and oxygen atoms in total. The fraction of sp³-hybridized carbons (Fsp3) is 0.208. The Balaban J connectivity index is 1.85. The summed E-state index contributed by atoms with van der Waals surface area (Å²) >= 11 is 0. The first-order chi connectivity index (χ1) is 14.3. The standard InChI is InChI=1S/C24H25N3O3/c1-24(2,3)30-23(29)26-16-17-10-7-8-13-19(17)20-14-9-15-25-21(20)22(28)27-18-11-5-4-6-12-18/h4-15H,16H2,1-3H3,(H,26,29)(H,27,28). The van der Waals surface area contributed by atoms with Crippen LogP contribution >= 0.6 is 0 Å². The molecule has 3 aromatic rings. The predicted octanol–water partition coefficient (Wildman–Crippen LogP) is 5.03. The van der Waals surface area contributed by atoms with Crippen LogP contribution in [0.1, 0.15) is 36.8 Å². The number of alkyl carbamates (subject to hydrolysis) is 1. The van der Waals surface area contributed by atoms with E-state index in [1.807, 2.05) is 81.4 Å². The summed E-state index contributed by atoms with van der Waals surface area (Å²) in [5.74, 6) is -0.299. The number of para-hydroxylation sites is 1. The van der Waals surface area contributed by atoms with Crippen molar-refractivity contribution in [3.8, 4) is 11.1 Å². The first-order valence-electron chi connectivity index (χ1n) is 9.70. The Morgan fingerprint density at radius 1 is 0.900 bits per heavy atom. The molecule has 30 heavy (non-hydrogen) atoms. The van der Waals surface area contributed by atoms with Crippen molar-refractivity contribution in [2.75, 3.05) is 5.32 Å². The minimum absolute atomic E-state index is 0.264. The lowest BCUT2D eigenvalue weighted by Crippen LogP contribution is -2.32.